The third-order valence-electron chi connectivity index (χ3n) is 4.40. The molecule has 0 fully saturated rings. The van der Waals surface area contributed by atoms with Crippen LogP contribution in [0.25, 0.3) is 0 Å². The van der Waals surface area contributed by atoms with Crippen molar-refractivity contribution in [2.75, 3.05) is 27.3 Å². The Labute approximate surface area is 153 Å². The second-order valence-electron chi connectivity index (χ2n) is 5.98. The third kappa shape index (κ3) is 4.41. The highest BCUT2D eigenvalue weighted by Crippen LogP contribution is 2.25. The molecule has 7 nitrogen and oxygen atoms in total. The molecule has 0 saturated heterocycles. The second kappa shape index (κ2) is 9.03. The van der Waals surface area contributed by atoms with Crippen LogP contribution in [0.15, 0.2) is 36.9 Å². The minimum absolute atomic E-state index is 0.0728. The highest BCUT2D eigenvalue weighted by molar-refractivity contribution is 5.85. The van der Waals surface area contributed by atoms with E-state index in [-0.39, 0.29) is 25.5 Å². The number of hydrogen-bond acceptors (Lipinski definition) is 5. The lowest BCUT2D eigenvalue weighted by molar-refractivity contribution is -0.147. The Hall–Kier alpha value is -2.83. The van der Waals surface area contributed by atoms with Gasteiger partial charge in [-0.2, -0.15) is 0 Å². The number of amides is 2. The average Bonchev–Trinajstić information content (AvgIpc) is 2.68. The lowest BCUT2D eigenvalue weighted by Crippen LogP contribution is -2.54. The van der Waals surface area contributed by atoms with Gasteiger partial charge in [0.1, 0.15) is 6.04 Å². The zero-order valence-corrected chi connectivity index (χ0v) is 15.1. The van der Waals surface area contributed by atoms with Crippen LogP contribution in [0.1, 0.15) is 17.5 Å². The molecule has 2 amide bonds. The standard InChI is InChI=1S/C19H24N2O5/c1-4-10-20(11-9-17(22)25-2)19(24)21-13-15-8-6-5-7-14(15)12-16(21)18(23)26-3/h4-8,16H,1,9-13H2,2-3H3. The summed E-state index contributed by atoms with van der Waals surface area (Å²) in [5, 5.41) is 0. The molecule has 26 heavy (non-hydrogen) atoms. The van der Waals surface area contributed by atoms with E-state index in [4.69, 9.17) is 4.74 Å². The predicted octanol–water partition coefficient (Wildman–Crippen LogP) is 1.76. The van der Waals surface area contributed by atoms with Crippen LogP contribution in [0.2, 0.25) is 0 Å². The Morgan fingerprint density at radius 2 is 1.92 bits per heavy atom. The summed E-state index contributed by atoms with van der Waals surface area (Å²) in [6.45, 7) is 4.42. The summed E-state index contributed by atoms with van der Waals surface area (Å²) in [4.78, 5) is 39.7. The predicted molar refractivity (Wildman–Crippen MR) is 95.3 cm³/mol. The molecule has 2 rings (SSSR count). The summed E-state index contributed by atoms with van der Waals surface area (Å²) >= 11 is 0. The average molecular weight is 360 g/mol. The van der Waals surface area contributed by atoms with Gasteiger partial charge in [0.15, 0.2) is 0 Å². The molecule has 0 saturated carbocycles. The first-order valence-electron chi connectivity index (χ1n) is 8.39. The number of esters is 2. The minimum Gasteiger partial charge on any atom is -0.469 e. The lowest BCUT2D eigenvalue weighted by Gasteiger charge is -2.38. The van der Waals surface area contributed by atoms with E-state index in [1.165, 1.54) is 24.0 Å². The maximum atomic E-state index is 13.1. The van der Waals surface area contributed by atoms with Gasteiger partial charge in [0, 0.05) is 26.1 Å². The number of carbonyl (C=O) groups excluding carboxylic acids is 3. The Balaban J connectivity index is 2.25. The SMILES string of the molecule is C=CCN(CCC(=O)OC)C(=O)N1Cc2ccccc2CC1C(=O)OC. The van der Waals surface area contributed by atoms with Crippen molar-refractivity contribution in [3.63, 3.8) is 0 Å². The van der Waals surface area contributed by atoms with Crippen LogP contribution in [-0.4, -0.2) is 61.1 Å². The number of fused-ring (bicyclic) bond motifs is 1. The Morgan fingerprint density at radius 3 is 2.54 bits per heavy atom. The highest BCUT2D eigenvalue weighted by Gasteiger charge is 2.37. The molecule has 7 heteroatoms. The first-order valence-corrected chi connectivity index (χ1v) is 8.39. The van der Waals surface area contributed by atoms with Crippen LogP contribution >= 0.6 is 0 Å². The number of nitrogens with zero attached hydrogens (tertiary/aromatic N) is 2. The van der Waals surface area contributed by atoms with Crippen molar-refractivity contribution in [2.24, 2.45) is 0 Å². The van der Waals surface area contributed by atoms with Gasteiger partial charge in [-0.05, 0) is 11.1 Å². The van der Waals surface area contributed by atoms with Crippen molar-refractivity contribution in [3.05, 3.63) is 48.0 Å². The van der Waals surface area contributed by atoms with Crippen molar-refractivity contribution in [1.29, 1.82) is 0 Å². The molecular formula is C19H24N2O5. The van der Waals surface area contributed by atoms with E-state index in [0.717, 1.165) is 11.1 Å². The number of methoxy groups -OCH3 is 2. The normalized spacial score (nSPS) is 15.6. The molecule has 0 bridgehead atoms. The smallest absolute Gasteiger partial charge is 0.329 e. The summed E-state index contributed by atoms with van der Waals surface area (Å²) in [6.07, 6.45) is 2.05. The fraction of sp³-hybridized carbons (Fsp3) is 0.421. The third-order valence-corrected chi connectivity index (χ3v) is 4.40. The van der Waals surface area contributed by atoms with Crippen LogP contribution in [0.3, 0.4) is 0 Å². The van der Waals surface area contributed by atoms with Gasteiger partial charge in [-0.1, -0.05) is 30.3 Å². The molecule has 140 valence electrons. The first kappa shape index (κ1) is 19.5. The topological polar surface area (TPSA) is 76.2 Å². The van der Waals surface area contributed by atoms with E-state index >= 15 is 0 Å². The van der Waals surface area contributed by atoms with Gasteiger partial charge in [-0.25, -0.2) is 9.59 Å². The van der Waals surface area contributed by atoms with Crippen molar-refractivity contribution >= 4 is 18.0 Å². The zero-order valence-electron chi connectivity index (χ0n) is 15.1. The van der Waals surface area contributed by atoms with Crippen LogP contribution in [0, 0.1) is 0 Å². The van der Waals surface area contributed by atoms with Crippen molar-refractivity contribution in [3.8, 4) is 0 Å². The van der Waals surface area contributed by atoms with Crippen LogP contribution in [-0.2, 0) is 32.0 Å². The van der Waals surface area contributed by atoms with E-state index in [1.54, 1.807) is 6.08 Å². The lowest BCUT2D eigenvalue weighted by atomic mass is 9.94. The zero-order chi connectivity index (χ0) is 19.1. The van der Waals surface area contributed by atoms with Gasteiger partial charge in [-0.3, -0.25) is 4.79 Å². The maximum absolute atomic E-state index is 13.1. The summed E-state index contributed by atoms with van der Waals surface area (Å²) in [5.74, 6) is -0.861. The largest absolute Gasteiger partial charge is 0.469 e. The number of urea groups is 1. The molecule has 1 aromatic carbocycles. The Morgan fingerprint density at radius 1 is 1.23 bits per heavy atom. The second-order valence-corrected chi connectivity index (χ2v) is 5.98. The molecule has 1 atom stereocenters. The van der Waals surface area contributed by atoms with Gasteiger partial charge in [-0.15, -0.1) is 6.58 Å². The van der Waals surface area contributed by atoms with E-state index in [9.17, 15) is 14.4 Å². The molecule has 0 aromatic heterocycles. The molecule has 0 spiro atoms. The maximum Gasteiger partial charge on any atom is 0.329 e. The minimum atomic E-state index is -0.701. The van der Waals surface area contributed by atoms with E-state index in [1.807, 2.05) is 24.3 Å². The van der Waals surface area contributed by atoms with Crippen LogP contribution in [0.5, 0.6) is 0 Å². The highest BCUT2D eigenvalue weighted by atomic mass is 16.5. The number of hydrogen-bond donors (Lipinski definition) is 0. The number of ether oxygens (including phenoxy) is 2. The Kier molecular flexibility index (Phi) is 6.77. The molecular weight excluding hydrogens is 336 g/mol. The summed E-state index contributed by atoms with van der Waals surface area (Å²) < 4.78 is 9.53. The van der Waals surface area contributed by atoms with Crippen LogP contribution < -0.4 is 0 Å². The monoisotopic (exact) mass is 360 g/mol. The fourth-order valence-electron chi connectivity index (χ4n) is 3.00. The van der Waals surface area contributed by atoms with Crippen LogP contribution in [0.4, 0.5) is 4.79 Å². The summed E-state index contributed by atoms with van der Waals surface area (Å²) in [6, 6.07) is 6.66. The van der Waals surface area contributed by atoms with E-state index < -0.39 is 18.0 Å². The van der Waals surface area contributed by atoms with Gasteiger partial charge in [0.2, 0.25) is 0 Å². The molecule has 1 aromatic rings. The van der Waals surface area contributed by atoms with E-state index in [2.05, 4.69) is 11.3 Å². The number of carbonyl (C=O) groups is 3. The molecule has 0 radical (unpaired) electrons. The van der Waals surface area contributed by atoms with Crippen molar-refractivity contribution < 1.29 is 23.9 Å². The molecule has 1 aliphatic rings. The fourth-order valence-corrected chi connectivity index (χ4v) is 3.00. The van der Waals surface area contributed by atoms with Gasteiger partial charge in [0.05, 0.1) is 20.6 Å². The van der Waals surface area contributed by atoms with E-state index in [0.29, 0.717) is 13.0 Å². The summed E-state index contributed by atoms with van der Waals surface area (Å²) in [7, 11) is 2.61. The first-order chi connectivity index (χ1) is 12.5. The number of benzene rings is 1. The molecule has 1 aliphatic heterocycles. The van der Waals surface area contributed by atoms with Gasteiger partial charge >= 0.3 is 18.0 Å². The van der Waals surface area contributed by atoms with Crippen molar-refractivity contribution in [1.82, 2.24) is 9.80 Å². The molecule has 0 N–H and O–H groups in total. The molecule has 0 aliphatic carbocycles. The Bertz CT molecular complexity index is 688. The molecule has 1 heterocycles. The summed E-state index contributed by atoms with van der Waals surface area (Å²) in [5.41, 5.74) is 2.02. The molecule has 1 unspecified atom stereocenters. The quantitative estimate of drug-likeness (QED) is 0.571. The number of rotatable bonds is 6. The van der Waals surface area contributed by atoms with Crippen molar-refractivity contribution in [2.45, 2.75) is 25.4 Å². The van der Waals surface area contributed by atoms with Gasteiger partial charge in [0.25, 0.3) is 0 Å². The van der Waals surface area contributed by atoms with Gasteiger partial charge < -0.3 is 19.3 Å².